The molecule has 0 saturated heterocycles. The Morgan fingerprint density at radius 3 is 2.26 bits per heavy atom. The van der Waals surface area contributed by atoms with Crippen molar-refractivity contribution in [2.45, 2.75) is 17.7 Å². The van der Waals surface area contributed by atoms with Gasteiger partial charge in [-0.05, 0) is 31.2 Å². The van der Waals surface area contributed by atoms with Crippen molar-refractivity contribution in [2.24, 2.45) is 5.41 Å². The van der Waals surface area contributed by atoms with Crippen LogP contribution in [0.15, 0.2) is 24.3 Å². The fourth-order valence-electron chi connectivity index (χ4n) is 1.96. The van der Waals surface area contributed by atoms with E-state index in [2.05, 4.69) is 10.6 Å². The first-order chi connectivity index (χ1) is 10.7. The van der Waals surface area contributed by atoms with Crippen LogP contribution in [0.4, 0.5) is 5.69 Å². The predicted molar refractivity (Wildman–Crippen MR) is 86.6 cm³/mol. The van der Waals surface area contributed by atoms with E-state index in [1.54, 1.807) is 31.2 Å². The normalized spacial score (nSPS) is 21.2. The first-order valence-corrected chi connectivity index (χ1v) is 7.62. The van der Waals surface area contributed by atoms with E-state index in [1.807, 2.05) is 0 Å². The molecule has 23 heavy (non-hydrogen) atoms. The highest BCUT2D eigenvalue weighted by Crippen LogP contribution is 2.64. The first kappa shape index (κ1) is 17.6. The number of halogens is 2. The molecule has 124 valence electrons. The molecule has 1 aromatic carbocycles. The van der Waals surface area contributed by atoms with Gasteiger partial charge in [-0.2, -0.15) is 0 Å². The zero-order valence-electron chi connectivity index (χ0n) is 12.6. The number of carbonyl (C=O) groups excluding carboxylic acids is 3. The molecule has 1 aliphatic carbocycles. The lowest BCUT2D eigenvalue weighted by atomic mass is 10.1. The molecule has 2 rings (SSSR count). The number of ether oxygens (including phenoxy) is 1. The molecule has 0 spiro atoms. The van der Waals surface area contributed by atoms with Crippen molar-refractivity contribution >= 4 is 46.7 Å². The smallest absolute Gasteiger partial charge is 0.315 e. The second-order valence-electron chi connectivity index (χ2n) is 5.49. The molecule has 2 N–H and O–H groups in total. The van der Waals surface area contributed by atoms with Crippen LogP contribution in [-0.4, -0.2) is 35.8 Å². The fourth-order valence-corrected chi connectivity index (χ4v) is 2.65. The predicted octanol–water partition coefficient (Wildman–Crippen LogP) is 2.11. The quantitative estimate of drug-likeness (QED) is 0.623. The molecule has 6 nitrogen and oxygen atoms in total. The lowest BCUT2D eigenvalue weighted by Crippen LogP contribution is -2.26. The fraction of sp³-hybridized carbons (Fsp3) is 0.400. The summed E-state index contributed by atoms with van der Waals surface area (Å²) in [6, 6.07) is 6.30. The number of alkyl halides is 2. The second-order valence-corrected chi connectivity index (χ2v) is 6.98. The van der Waals surface area contributed by atoms with Crippen LogP contribution in [0.1, 0.15) is 23.7 Å². The number of carbonyl (C=O) groups is 3. The van der Waals surface area contributed by atoms with Gasteiger partial charge >= 0.3 is 5.97 Å². The lowest BCUT2D eigenvalue weighted by molar-refractivity contribution is -0.152. The maximum absolute atomic E-state index is 11.8. The Labute approximate surface area is 143 Å². The van der Waals surface area contributed by atoms with Crippen molar-refractivity contribution in [2.75, 3.05) is 19.0 Å². The van der Waals surface area contributed by atoms with E-state index in [4.69, 9.17) is 27.9 Å². The summed E-state index contributed by atoms with van der Waals surface area (Å²) in [5.41, 5.74) is -0.00882. The molecule has 0 aliphatic heterocycles. The number of anilines is 1. The maximum atomic E-state index is 11.8. The summed E-state index contributed by atoms with van der Waals surface area (Å²) in [6.45, 7) is 1.15. The Balaban J connectivity index is 1.83. The van der Waals surface area contributed by atoms with E-state index >= 15 is 0 Å². The summed E-state index contributed by atoms with van der Waals surface area (Å²) in [6.07, 6.45) is 0.296. The van der Waals surface area contributed by atoms with Gasteiger partial charge in [0, 0.05) is 24.7 Å². The monoisotopic (exact) mass is 358 g/mol. The number of rotatable bonds is 5. The topological polar surface area (TPSA) is 84.5 Å². The molecule has 0 aromatic heterocycles. The van der Waals surface area contributed by atoms with E-state index < -0.39 is 28.2 Å². The van der Waals surface area contributed by atoms with Crippen LogP contribution < -0.4 is 10.6 Å². The summed E-state index contributed by atoms with van der Waals surface area (Å²) in [7, 11) is 1.53. The maximum Gasteiger partial charge on any atom is 0.315 e. The third kappa shape index (κ3) is 3.76. The number of benzene rings is 1. The average molecular weight is 359 g/mol. The zero-order chi connectivity index (χ0) is 17.3. The van der Waals surface area contributed by atoms with Crippen LogP contribution in [0.5, 0.6) is 0 Å². The Kier molecular flexibility index (Phi) is 4.87. The summed E-state index contributed by atoms with van der Waals surface area (Å²) in [5, 5.41) is 5.06. The van der Waals surface area contributed by atoms with Gasteiger partial charge in [0.05, 0.1) is 0 Å². The molecule has 8 heteroatoms. The van der Waals surface area contributed by atoms with Crippen LogP contribution >= 0.6 is 23.2 Å². The summed E-state index contributed by atoms with van der Waals surface area (Å²) >= 11 is 11.7. The third-order valence-corrected chi connectivity index (χ3v) is 4.80. The van der Waals surface area contributed by atoms with Crippen LogP contribution in [0.2, 0.25) is 0 Å². The van der Waals surface area contributed by atoms with E-state index in [1.165, 1.54) is 7.05 Å². The molecule has 0 heterocycles. The molecule has 1 aliphatic rings. The van der Waals surface area contributed by atoms with E-state index in [0.717, 1.165) is 0 Å². The van der Waals surface area contributed by atoms with E-state index in [-0.39, 0.29) is 5.91 Å². The minimum absolute atomic E-state index is 0.222. The molecule has 0 bridgehead atoms. The van der Waals surface area contributed by atoms with Gasteiger partial charge in [0.2, 0.25) is 0 Å². The van der Waals surface area contributed by atoms with Crippen molar-refractivity contribution in [1.82, 2.24) is 5.32 Å². The third-order valence-electron chi connectivity index (χ3n) is 3.70. The first-order valence-electron chi connectivity index (χ1n) is 6.87. The Bertz CT molecular complexity index is 645. The lowest BCUT2D eigenvalue weighted by Gasteiger charge is -2.12. The summed E-state index contributed by atoms with van der Waals surface area (Å²) < 4.78 is 3.81. The molecular weight excluding hydrogens is 343 g/mol. The number of esters is 1. The van der Waals surface area contributed by atoms with Crippen LogP contribution in [0, 0.1) is 5.41 Å². The van der Waals surface area contributed by atoms with Gasteiger partial charge in [-0.25, -0.2) is 0 Å². The van der Waals surface area contributed by atoms with Gasteiger partial charge in [-0.1, -0.05) is 0 Å². The van der Waals surface area contributed by atoms with Gasteiger partial charge in [0.25, 0.3) is 11.8 Å². The number of hydrogen-bond donors (Lipinski definition) is 2. The van der Waals surface area contributed by atoms with Crippen molar-refractivity contribution in [1.29, 1.82) is 0 Å². The number of nitrogens with one attached hydrogen (secondary N) is 2. The number of hydrogen-bond acceptors (Lipinski definition) is 4. The zero-order valence-corrected chi connectivity index (χ0v) is 14.1. The van der Waals surface area contributed by atoms with Crippen molar-refractivity contribution in [3.63, 3.8) is 0 Å². The van der Waals surface area contributed by atoms with E-state index in [9.17, 15) is 14.4 Å². The molecule has 1 saturated carbocycles. The van der Waals surface area contributed by atoms with E-state index in [0.29, 0.717) is 17.7 Å². The molecule has 0 radical (unpaired) electrons. The molecular formula is C15H16Cl2N2O4. The van der Waals surface area contributed by atoms with Crippen molar-refractivity contribution < 1.29 is 19.1 Å². The number of amides is 2. The minimum Gasteiger partial charge on any atom is -0.455 e. The highest BCUT2D eigenvalue weighted by Gasteiger charge is 2.69. The molecule has 1 aromatic rings. The van der Waals surface area contributed by atoms with Crippen LogP contribution in [0.3, 0.4) is 0 Å². The summed E-state index contributed by atoms with van der Waals surface area (Å²) in [5.74, 6) is -1.32. The minimum atomic E-state index is -1.13. The Morgan fingerprint density at radius 2 is 1.78 bits per heavy atom. The van der Waals surface area contributed by atoms with Gasteiger partial charge in [-0.3, -0.25) is 14.4 Å². The molecule has 1 fully saturated rings. The molecule has 1 atom stereocenters. The highest BCUT2D eigenvalue weighted by molar-refractivity contribution is 6.53. The SMILES string of the molecule is CNC(=O)c1ccc(NC(=O)COC(=O)[C@]2(C)CC2(Cl)Cl)cc1. The highest BCUT2D eigenvalue weighted by atomic mass is 35.5. The van der Waals surface area contributed by atoms with Crippen LogP contribution in [-0.2, 0) is 14.3 Å². The van der Waals surface area contributed by atoms with Crippen LogP contribution in [0.25, 0.3) is 0 Å². The van der Waals surface area contributed by atoms with Crippen molar-refractivity contribution in [3.05, 3.63) is 29.8 Å². The Hall–Kier alpha value is -1.79. The standard InChI is InChI=1S/C15H16Cl2N2O4/c1-14(8-15(14,16)17)13(22)23-7-11(20)19-10-5-3-9(4-6-10)12(21)18-2/h3-6H,7-8H2,1-2H3,(H,18,21)(H,19,20)/t14-/m0/s1. The Morgan fingerprint density at radius 1 is 1.22 bits per heavy atom. The van der Waals surface area contributed by atoms with Gasteiger partial charge in [0.1, 0.15) is 9.75 Å². The van der Waals surface area contributed by atoms with Gasteiger partial charge < -0.3 is 15.4 Å². The van der Waals surface area contributed by atoms with Gasteiger partial charge in [0.15, 0.2) is 6.61 Å². The van der Waals surface area contributed by atoms with Gasteiger partial charge in [-0.15, -0.1) is 23.2 Å². The molecule has 2 amide bonds. The van der Waals surface area contributed by atoms with Crippen molar-refractivity contribution in [3.8, 4) is 0 Å². The average Bonchev–Trinajstić information content (AvgIpc) is 3.04. The summed E-state index contributed by atoms with van der Waals surface area (Å²) in [4.78, 5) is 35.0. The largest absolute Gasteiger partial charge is 0.455 e. The second kappa shape index (κ2) is 6.37. The molecule has 0 unspecified atom stereocenters.